The molecule has 0 unspecified atom stereocenters. The van der Waals surface area contributed by atoms with Crippen LogP contribution in [0.3, 0.4) is 0 Å². The van der Waals surface area contributed by atoms with E-state index >= 15 is 0 Å². The fourth-order valence-corrected chi connectivity index (χ4v) is 2.38. The maximum atomic E-state index is 11.9. The van der Waals surface area contributed by atoms with Crippen LogP contribution in [-0.4, -0.2) is 24.4 Å². The summed E-state index contributed by atoms with van der Waals surface area (Å²) in [6, 6.07) is 16.2. The molecule has 0 aromatic heterocycles. The number of esters is 1. The van der Waals surface area contributed by atoms with E-state index in [-0.39, 0.29) is 30.9 Å². The number of benzene rings is 2. The maximum Gasteiger partial charge on any atom is 0.310 e. The minimum absolute atomic E-state index is 0.0574. The minimum atomic E-state index is -0.486. The first-order valence-electron chi connectivity index (χ1n) is 8.30. The third kappa shape index (κ3) is 6.39. The molecule has 136 valence electrons. The molecule has 2 amide bonds. The Balaban J connectivity index is 1.75. The zero-order valence-electron chi connectivity index (χ0n) is 14.8. The molecular weight excluding hydrogens is 332 g/mol. The molecule has 0 radical (unpaired) electrons. The van der Waals surface area contributed by atoms with Gasteiger partial charge in [-0.25, -0.2) is 0 Å². The molecule has 2 aromatic carbocycles. The van der Waals surface area contributed by atoms with Crippen molar-refractivity contribution in [2.75, 3.05) is 11.9 Å². The highest BCUT2D eigenvalue weighted by molar-refractivity contribution is 5.88. The number of hydrogen-bond donors (Lipinski definition) is 2. The Kier molecular flexibility index (Phi) is 6.91. The molecule has 0 saturated carbocycles. The van der Waals surface area contributed by atoms with Crippen LogP contribution in [0.1, 0.15) is 31.0 Å². The standard InChI is InChI=1S/C20H22N2O4/c1-14(17-6-4-3-5-7-17)21-19(24)13-26-20(25)12-16-8-10-18(11-9-16)22-15(2)23/h3-11,14H,12-13H2,1-2H3,(H,21,24)(H,22,23)/t14-/m0/s1. The van der Waals surface area contributed by atoms with Gasteiger partial charge in [-0.2, -0.15) is 0 Å². The predicted octanol–water partition coefficient (Wildman–Crippen LogP) is 2.61. The normalized spacial score (nSPS) is 11.3. The smallest absolute Gasteiger partial charge is 0.310 e. The summed E-state index contributed by atoms with van der Waals surface area (Å²) in [5, 5.41) is 5.43. The number of rotatable bonds is 7. The van der Waals surface area contributed by atoms with Crippen LogP contribution in [0.15, 0.2) is 54.6 Å². The van der Waals surface area contributed by atoms with Gasteiger partial charge < -0.3 is 15.4 Å². The van der Waals surface area contributed by atoms with Crippen LogP contribution < -0.4 is 10.6 Å². The van der Waals surface area contributed by atoms with Crippen LogP contribution >= 0.6 is 0 Å². The highest BCUT2D eigenvalue weighted by Gasteiger charge is 2.12. The second-order valence-electron chi connectivity index (χ2n) is 5.92. The fraction of sp³-hybridized carbons (Fsp3) is 0.250. The molecule has 26 heavy (non-hydrogen) atoms. The zero-order chi connectivity index (χ0) is 18.9. The highest BCUT2D eigenvalue weighted by atomic mass is 16.5. The van der Waals surface area contributed by atoms with Gasteiger partial charge in [-0.05, 0) is 30.2 Å². The molecule has 0 aliphatic rings. The molecule has 0 bridgehead atoms. The van der Waals surface area contributed by atoms with Gasteiger partial charge in [0, 0.05) is 12.6 Å². The summed E-state index contributed by atoms with van der Waals surface area (Å²) in [7, 11) is 0. The Bertz CT molecular complexity index is 757. The van der Waals surface area contributed by atoms with Gasteiger partial charge in [0.2, 0.25) is 5.91 Å². The lowest BCUT2D eigenvalue weighted by molar-refractivity contribution is -0.148. The van der Waals surface area contributed by atoms with Crippen molar-refractivity contribution in [3.05, 3.63) is 65.7 Å². The Hall–Kier alpha value is -3.15. The van der Waals surface area contributed by atoms with Crippen molar-refractivity contribution in [3.63, 3.8) is 0 Å². The molecular formula is C20H22N2O4. The van der Waals surface area contributed by atoms with Crippen LogP contribution in [0.5, 0.6) is 0 Å². The van der Waals surface area contributed by atoms with E-state index in [4.69, 9.17) is 4.74 Å². The van der Waals surface area contributed by atoms with Crippen molar-refractivity contribution in [1.82, 2.24) is 5.32 Å². The Morgan fingerprint density at radius 1 is 1.00 bits per heavy atom. The largest absolute Gasteiger partial charge is 0.455 e. The van der Waals surface area contributed by atoms with Gasteiger partial charge in [0.15, 0.2) is 6.61 Å². The molecule has 0 saturated heterocycles. The van der Waals surface area contributed by atoms with Gasteiger partial charge in [0.25, 0.3) is 5.91 Å². The predicted molar refractivity (Wildman–Crippen MR) is 98.4 cm³/mol. The average Bonchev–Trinajstić information content (AvgIpc) is 2.62. The van der Waals surface area contributed by atoms with Crippen LogP contribution in [-0.2, 0) is 25.5 Å². The van der Waals surface area contributed by atoms with Crippen LogP contribution in [0, 0.1) is 0 Å². The van der Waals surface area contributed by atoms with Gasteiger partial charge >= 0.3 is 5.97 Å². The van der Waals surface area contributed by atoms with Crippen molar-refractivity contribution in [2.45, 2.75) is 26.3 Å². The average molecular weight is 354 g/mol. The third-order valence-electron chi connectivity index (χ3n) is 3.66. The molecule has 0 spiro atoms. The van der Waals surface area contributed by atoms with E-state index in [1.807, 2.05) is 37.3 Å². The summed E-state index contributed by atoms with van der Waals surface area (Å²) in [5.74, 6) is -0.997. The van der Waals surface area contributed by atoms with E-state index in [2.05, 4.69) is 10.6 Å². The molecule has 2 aromatic rings. The molecule has 0 heterocycles. The lowest BCUT2D eigenvalue weighted by Crippen LogP contribution is -2.31. The molecule has 2 rings (SSSR count). The van der Waals surface area contributed by atoms with Crippen molar-refractivity contribution in [1.29, 1.82) is 0 Å². The van der Waals surface area contributed by atoms with Crippen molar-refractivity contribution in [3.8, 4) is 0 Å². The fourth-order valence-electron chi connectivity index (χ4n) is 2.38. The van der Waals surface area contributed by atoms with E-state index in [0.717, 1.165) is 11.1 Å². The quantitative estimate of drug-likeness (QED) is 0.749. The zero-order valence-corrected chi connectivity index (χ0v) is 14.8. The molecule has 2 N–H and O–H groups in total. The van der Waals surface area contributed by atoms with Crippen LogP contribution in [0.4, 0.5) is 5.69 Å². The monoisotopic (exact) mass is 354 g/mol. The highest BCUT2D eigenvalue weighted by Crippen LogP contribution is 2.12. The second-order valence-corrected chi connectivity index (χ2v) is 5.92. The van der Waals surface area contributed by atoms with Crippen molar-refractivity contribution in [2.24, 2.45) is 0 Å². The van der Waals surface area contributed by atoms with Gasteiger partial charge in [-0.3, -0.25) is 14.4 Å². The number of carbonyl (C=O) groups is 3. The number of ether oxygens (including phenoxy) is 1. The lowest BCUT2D eigenvalue weighted by atomic mass is 10.1. The Morgan fingerprint density at radius 3 is 2.27 bits per heavy atom. The van der Waals surface area contributed by atoms with Crippen LogP contribution in [0.2, 0.25) is 0 Å². The van der Waals surface area contributed by atoms with Crippen molar-refractivity contribution >= 4 is 23.5 Å². The van der Waals surface area contributed by atoms with E-state index in [9.17, 15) is 14.4 Å². The summed E-state index contributed by atoms with van der Waals surface area (Å²) in [6.07, 6.45) is 0.0574. The molecule has 0 fully saturated rings. The van der Waals surface area contributed by atoms with E-state index < -0.39 is 5.97 Å². The van der Waals surface area contributed by atoms with Crippen molar-refractivity contribution < 1.29 is 19.1 Å². The maximum absolute atomic E-state index is 11.9. The van der Waals surface area contributed by atoms with E-state index in [0.29, 0.717) is 5.69 Å². The van der Waals surface area contributed by atoms with Gasteiger partial charge in [0.1, 0.15) is 0 Å². The van der Waals surface area contributed by atoms with Gasteiger partial charge in [-0.1, -0.05) is 42.5 Å². The number of anilines is 1. The Labute approximate surface area is 152 Å². The molecule has 6 nitrogen and oxygen atoms in total. The van der Waals surface area contributed by atoms with Crippen LogP contribution in [0.25, 0.3) is 0 Å². The second kappa shape index (κ2) is 9.36. The van der Waals surface area contributed by atoms with Gasteiger partial charge in [-0.15, -0.1) is 0 Å². The molecule has 6 heteroatoms. The molecule has 0 aliphatic carbocycles. The molecule has 1 atom stereocenters. The number of hydrogen-bond acceptors (Lipinski definition) is 4. The van der Waals surface area contributed by atoms with Gasteiger partial charge in [0.05, 0.1) is 12.5 Å². The summed E-state index contributed by atoms with van der Waals surface area (Å²) >= 11 is 0. The third-order valence-corrected chi connectivity index (χ3v) is 3.66. The first-order valence-corrected chi connectivity index (χ1v) is 8.30. The summed E-state index contributed by atoms with van der Waals surface area (Å²) < 4.78 is 5.02. The van der Waals surface area contributed by atoms with E-state index in [1.165, 1.54) is 6.92 Å². The minimum Gasteiger partial charge on any atom is -0.455 e. The number of carbonyl (C=O) groups excluding carboxylic acids is 3. The molecule has 0 aliphatic heterocycles. The van der Waals surface area contributed by atoms with E-state index in [1.54, 1.807) is 24.3 Å². The first-order chi connectivity index (χ1) is 12.4. The number of amides is 2. The SMILES string of the molecule is CC(=O)Nc1ccc(CC(=O)OCC(=O)N[C@@H](C)c2ccccc2)cc1. The summed E-state index contributed by atoms with van der Waals surface area (Å²) in [5.41, 5.74) is 2.37. The first kappa shape index (κ1) is 19.2. The number of nitrogens with one attached hydrogen (secondary N) is 2. The Morgan fingerprint density at radius 2 is 1.65 bits per heavy atom. The topological polar surface area (TPSA) is 84.5 Å². The summed E-state index contributed by atoms with van der Waals surface area (Å²) in [6.45, 7) is 2.97. The lowest BCUT2D eigenvalue weighted by Gasteiger charge is -2.14. The summed E-state index contributed by atoms with van der Waals surface area (Å²) in [4.78, 5) is 34.7.